The largest absolute Gasteiger partial charge is 0.493 e. The Balaban J connectivity index is 2.49. The maximum atomic E-state index is 13.4. The zero-order valence-corrected chi connectivity index (χ0v) is 7.59. The predicted molar refractivity (Wildman–Crippen MR) is 48.3 cm³/mol. The summed E-state index contributed by atoms with van der Waals surface area (Å²) in [5.74, 6) is -2.50. The molecule has 0 bridgehead atoms. The Morgan fingerprint density at radius 2 is 2.21 bits per heavy atom. The van der Waals surface area contributed by atoms with Crippen molar-refractivity contribution >= 4 is 0 Å². The quantitative estimate of drug-likeness (QED) is 0.751. The molecule has 2 rings (SSSR count). The van der Waals surface area contributed by atoms with Crippen LogP contribution in [0, 0.1) is 0 Å². The molecule has 0 aromatic heterocycles. The van der Waals surface area contributed by atoms with Crippen LogP contribution in [0.15, 0.2) is 18.2 Å². The average Bonchev–Trinajstić information content (AvgIpc) is 2.17. The molecule has 0 radical (unpaired) electrons. The second-order valence-electron chi connectivity index (χ2n) is 3.34. The number of benzene rings is 1. The van der Waals surface area contributed by atoms with Crippen molar-refractivity contribution in [2.24, 2.45) is 5.73 Å². The zero-order chi connectivity index (χ0) is 10.2. The smallest absolute Gasteiger partial charge is 0.280 e. The van der Waals surface area contributed by atoms with Gasteiger partial charge < -0.3 is 10.5 Å². The van der Waals surface area contributed by atoms with Crippen LogP contribution in [0.1, 0.15) is 17.5 Å². The lowest BCUT2D eigenvalue weighted by Gasteiger charge is -2.25. The lowest BCUT2D eigenvalue weighted by atomic mass is 10.00. The van der Waals surface area contributed by atoms with Gasteiger partial charge in [-0.05, 0) is 17.7 Å². The number of hydrogen-bond donors (Lipinski definition) is 1. The molecule has 0 saturated carbocycles. The summed E-state index contributed by atoms with van der Waals surface area (Å²) in [7, 11) is 0. The molecule has 2 nitrogen and oxygen atoms in total. The fourth-order valence-electron chi connectivity index (χ4n) is 1.54. The van der Waals surface area contributed by atoms with Gasteiger partial charge in [-0.25, -0.2) is 8.78 Å². The summed E-state index contributed by atoms with van der Waals surface area (Å²) >= 11 is 0. The highest BCUT2D eigenvalue weighted by Crippen LogP contribution is 2.41. The fourth-order valence-corrected chi connectivity index (χ4v) is 1.54. The molecule has 14 heavy (non-hydrogen) atoms. The van der Waals surface area contributed by atoms with Crippen LogP contribution in [-0.2, 0) is 12.5 Å². The van der Waals surface area contributed by atoms with Crippen molar-refractivity contribution in [1.82, 2.24) is 0 Å². The van der Waals surface area contributed by atoms with Gasteiger partial charge in [0.15, 0.2) is 0 Å². The van der Waals surface area contributed by atoms with Crippen LogP contribution in [0.3, 0.4) is 0 Å². The number of hydrogen-bond acceptors (Lipinski definition) is 2. The molecule has 0 atom stereocenters. The maximum absolute atomic E-state index is 13.4. The van der Waals surface area contributed by atoms with Gasteiger partial charge in [-0.3, -0.25) is 0 Å². The average molecular weight is 199 g/mol. The van der Waals surface area contributed by atoms with E-state index in [-0.39, 0.29) is 30.9 Å². The molecule has 0 fully saturated rings. The predicted octanol–water partition coefficient (Wildman–Crippen LogP) is 2.02. The highest BCUT2D eigenvalue weighted by molar-refractivity contribution is 5.41. The summed E-state index contributed by atoms with van der Waals surface area (Å²) in [5.41, 5.74) is 6.05. The van der Waals surface area contributed by atoms with Crippen LogP contribution in [0.4, 0.5) is 8.78 Å². The van der Waals surface area contributed by atoms with Gasteiger partial charge in [0.25, 0.3) is 5.92 Å². The molecule has 0 saturated heterocycles. The van der Waals surface area contributed by atoms with E-state index in [9.17, 15) is 8.78 Å². The van der Waals surface area contributed by atoms with Gasteiger partial charge in [0.05, 0.1) is 18.6 Å². The van der Waals surface area contributed by atoms with E-state index >= 15 is 0 Å². The second-order valence-corrected chi connectivity index (χ2v) is 3.34. The van der Waals surface area contributed by atoms with E-state index in [0.29, 0.717) is 5.56 Å². The normalized spacial score (nSPS) is 18.5. The third-order valence-electron chi connectivity index (χ3n) is 2.35. The van der Waals surface area contributed by atoms with Crippen molar-refractivity contribution in [3.8, 4) is 5.75 Å². The highest BCUT2D eigenvalue weighted by atomic mass is 19.3. The highest BCUT2D eigenvalue weighted by Gasteiger charge is 2.37. The minimum absolute atomic E-state index is 0.0355. The van der Waals surface area contributed by atoms with Crippen molar-refractivity contribution in [2.45, 2.75) is 18.9 Å². The van der Waals surface area contributed by atoms with Crippen LogP contribution in [0.5, 0.6) is 5.75 Å². The van der Waals surface area contributed by atoms with Gasteiger partial charge in [0.1, 0.15) is 5.75 Å². The Hall–Kier alpha value is -1.16. The van der Waals surface area contributed by atoms with E-state index in [1.54, 1.807) is 12.1 Å². The first-order valence-corrected chi connectivity index (χ1v) is 4.47. The van der Waals surface area contributed by atoms with E-state index < -0.39 is 5.92 Å². The lowest BCUT2D eigenvalue weighted by Crippen LogP contribution is -2.24. The van der Waals surface area contributed by atoms with Crippen molar-refractivity contribution in [1.29, 1.82) is 0 Å². The number of rotatable bonds is 1. The minimum Gasteiger partial charge on any atom is -0.493 e. The van der Waals surface area contributed by atoms with Gasteiger partial charge in [-0.1, -0.05) is 6.07 Å². The fraction of sp³-hybridized carbons (Fsp3) is 0.400. The first-order valence-electron chi connectivity index (χ1n) is 4.47. The summed E-state index contributed by atoms with van der Waals surface area (Å²) in [6.07, 6.45) is -0.256. The number of nitrogens with two attached hydrogens (primary N) is 1. The minimum atomic E-state index is -2.78. The molecule has 0 amide bonds. The molecular weight excluding hydrogens is 188 g/mol. The van der Waals surface area contributed by atoms with E-state index in [1.165, 1.54) is 6.07 Å². The number of halogens is 2. The number of fused-ring (bicyclic) bond motifs is 1. The van der Waals surface area contributed by atoms with Gasteiger partial charge >= 0.3 is 0 Å². The van der Waals surface area contributed by atoms with Gasteiger partial charge in [0.2, 0.25) is 0 Å². The topological polar surface area (TPSA) is 35.2 Å². The second kappa shape index (κ2) is 3.20. The molecule has 76 valence electrons. The summed E-state index contributed by atoms with van der Waals surface area (Å²) in [6, 6.07) is 4.69. The van der Waals surface area contributed by atoms with Crippen LogP contribution in [-0.4, -0.2) is 6.61 Å². The molecule has 1 aromatic rings. The molecule has 0 unspecified atom stereocenters. The summed E-state index contributed by atoms with van der Waals surface area (Å²) in [6.45, 7) is 0.339. The van der Waals surface area contributed by atoms with Gasteiger partial charge in [-0.2, -0.15) is 0 Å². The molecule has 0 spiro atoms. The SMILES string of the molecule is NCc1ccc2c(c1)C(F)(F)CCO2. The van der Waals surface area contributed by atoms with Crippen LogP contribution >= 0.6 is 0 Å². The molecule has 1 heterocycles. The van der Waals surface area contributed by atoms with E-state index in [2.05, 4.69) is 0 Å². The van der Waals surface area contributed by atoms with Gasteiger partial charge in [-0.15, -0.1) is 0 Å². The molecule has 1 aliphatic rings. The summed E-state index contributed by atoms with van der Waals surface area (Å²) < 4.78 is 31.9. The summed E-state index contributed by atoms with van der Waals surface area (Å²) in [5, 5.41) is 0. The van der Waals surface area contributed by atoms with E-state index in [1.807, 2.05) is 0 Å². The molecule has 1 aliphatic heterocycles. The molecule has 1 aromatic carbocycles. The van der Waals surface area contributed by atoms with Gasteiger partial charge in [0, 0.05) is 6.54 Å². The third kappa shape index (κ3) is 1.46. The molecule has 4 heteroatoms. The Morgan fingerprint density at radius 3 is 2.93 bits per heavy atom. The lowest BCUT2D eigenvalue weighted by molar-refractivity contribution is -0.0405. The Labute approximate surface area is 80.7 Å². The Kier molecular flexibility index (Phi) is 2.15. The number of alkyl halides is 2. The van der Waals surface area contributed by atoms with Crippen molar-refractivity contribution in [3.05, 3.63) is 29.3 Å². The van der Waals surface area contributed by atoms with Crippen LogP contribution < -0.4 is 10.5 Å². The Bertz CT molecular complexity index is 352. The first kappa shape index (κ1) is 9.40. The standard InChI is InChI=1S/C10H11F2NO/c11-10(12)3-4-14-9-2-1-7(6-13)5-8(9)10/h1-2,5H,3-4,6,13H2. The van der Waals surface area contributed by atoms with Crippen molar-refractivity contribution in [2.75, 3.05) is 6.61 Å². The van der Waals surface area contributed by atoms with E-state index in [4.69, 9.17) is 10.5 Å². The van der Waals surface area contributed by atoms with Crippen molar-refractivity contribution < 1.29 is 13.5 Å². The monoisotopic (exact) mass is 199 g/mol. The summed E-state index contributed by atoms with van der Waals surface area (Å²) in [4.78, 5) is 0. The molecular formula is C10H11F2NO. The number of ether oxygens (including phenoxy) is 1. The molecule has 0 aliphatic carbocycles. The maximum Gasteiger partial charge on any atom is 0.280 e. The third-order valence-corrected chi connectivity index (χ3v) is 2.35. The van der Waals surface area contributed by atoms with Crippen LogP contribution in [0.25, 0.3) is 0 Å². The first-order chi connectivity index (χ1) is 6.63. The zero-order valence-electron chi connectivity index (χ0n) is 7.59. The Morgan fingerprint density at radius 1 is 1.43 bits per heavy atom. The molecule has 2 N–H and O–H groups in total. The van der Waals surface area contributed by atoms with E-state index in [0.717, 1.165) is 0 Å². The van der Waals surface area contributed by atoms with Crippen molar-refractivity contribution in [3.63, 3.8) is 0 Å². The van der Waals surface area contributed by atoms with Crippen LogP contribution in [0.2, 0.25) is 0 Å².